The summed E-state index contributed by atoms with van der Waals surface area (Å²) in [5, 5.41) is 19.8. The first-order chi connectivity index (χ1) is 6.85. The second-order valence-corrected chi connectivity index (χ2v) is 2.28. The molecular weight excluding hydrogens is 213 g/mol. The maximum Gasteiger partial charge on any atom is 0.332 e. The van der Waals surface area contributed by atoms with Crippen molar-refractivity contribution < 1.29 is 0 Å². The topological polar surface area (TPSA) is 197 Å². The molecule has 0 aromatic heterocycles. The van der Waals surface area contributed by atoms with E-state index in [0.29, 0.717) is 0 Å². The molecule has 0 heterocycles. The molecule has 0 rings (SSSR count). The molecule has 0 bridgehead atoms. The van der Waals surface area contributed by atoms with Gasteiger partial charge in [-0.25, -0.2) is 0 Å². The molecule has 0 radical (unpaired) electrons. The zero-order valence-corrected chi connectivity index (χ0v) is 7.39. The highest BCUT2D eigenvalue weighted by Gasteiger charge is 2.03. The number of hydrogen-bond donors (Lipinski definition) is 3. The molecule has 0 unspecified atom stereocenters. The van der Waals surface area contributed by atoms with Crippen molar-refractivity contribution in [3.8, 4) is 0 Å². The summed E-state index contributed by atoms with van der Waals surface area (Å²) in [7, 11) is -1.85. The molecule has 4 N–H and O–H groups in total. The largest absolute Gasteiger partial charge is 0.332 e. The third kappa shape index (κ3) is 6.53. The van der Waals surface area contributed by atoms with Crippen LogP contribution in [0, 0.1) is 11.1 Å². The summed E-state index contributed by atoms with van der Waals surface area (Å²) in [4.78, 5) is 9.89. The van der Waals surface area contributed by atoms with E-state index in [1.807, 2.05) is 0 Å². The Morgan fingerprint density at radius 3 is 1.71 bits per heavy atom. The van der Waals surface area contributed by atoms with E-state index in [2.05, 4.69) is 57.1 Å². The van der Waals surface area contributed by atoms with Gasteiger partial charge in [-0.15, -0.1) is 0 Å². The van der Waals surface area contributed by atoms with E-state index >= 15 is 0 Å². The predicted molar refractivity (Wildman–Crippen MR) is 40.8 cm³/mol. The Hall–Kier alpha value is -2.17. The van der Waals surface area contributed by atoms with Gasteiger partial charge in [0, 0.05) is 0 Å². The molecule has 14 heavy (non-hydrogen) atoms. The molecule has 0 aliphatic rings. The highest BCUT2D eigenvalue weighted by atomic mass is 31.1. The molecule has 0 aromatic rings. The van der Waals surface area contributed by atoms with Gasteiger partial charge < -0.3 is 5.84 Å². The van der Waals surface area contributed by atoms with Gasteiger partial charge in [-0.3, -0.25) is 0 Å². The lowest BCUT2D eigenvalue weighted by molar-refractivity contribution is 0.890. The quantitative estimate of drug-likeness (QED) is 0.261. The third-order valence-electron chi connectivity index (χ3n) is 0.541. The van der Waals surface area contributed by atoms with E-state index in [4.69, 9.17) is 11.1 Å². The van der Waals surface area contributed by atoms with Crippen molar-refractivity contribution in [2.45, 2.75) is 0 Å². The van der Waals surface area contributed by atoms with Crippen molar-refractivity contribution in [1.29, 1.82) is 11.1 Å². The van der Waals surface area contributed by atoms with Gasteiger partial charge in [0.15, 0.2) is 0 Å². The second-order valence-electron chi connectivity index (χ2n) is 1.21. The SMILES string of the molecule is N=NN=NP(N=NN=N)N=NN=NN. The lowest BCUT2D eigenvalue weighted by atomic mass is 12.5. The molecule has 13 nitrogen and oxygen atoms in total. The summed E-state index contributed by atoms with van der Waals surface area (Å²) in [6.07, 6.45) is 0. The molecule has 0 atom stereocenters. The smallest absolute Gasteiger partial charge is 0.303 e. The van der Waals surface area contributed by atoms with Crippen LogP contribution in [0.3, 0.4) is 0 Å². The Kier molecular flexibility index (Phi) is 7.54. The Morgan fingerprint density at radius 1 is 0.786 bits per heavy atom. The maximum absolute atomic E-state index is 6.29. The van der Waals surface area contributed by atoms with Crippen molar-refractivity contribution in [3.05, 3.63) is 0 Å². The van der Waals surface area contributed by atoms with Crippen LogP contribution in [0.2, 0.25) is 0 Å². The summed E-state index contributed by atoms with van der Waals surface area (Å²) in [5.41, 5.74) is 12.6. The van der Waals surface area contributed by atoms with Crippen LogP contribution < -0.4 is 5.84 Å². The van der Waals surface area contributed by atoms with Crippen LogP contribution in [0.5, 0.6) is 0 Å². The fourth-order valence-corrected chi connectivity index (χ4v) is 0.680. The van der Waals surface area contributed by atoms with Crippen molar-refractivity contribution in [3.63, 3.8) is 0 Å². The number of hydrogen-bond acceptors (Lipinski definition) is 6. The fraction of sp³-hybridized carbons (Fsp3) is 0. The molecule has 0 aliphatic heterocycles. The van der Waals surface area contributed by atoms with E-state index in [1.54, 1.807) is 0 Å². The van der Waals surface area contributed by atoms with E-state index in [9.17, 15) is 0 Å². The van der Waals surface area contributed by atoms with Gasteiger partial charge in [0.25, 0.3) is 0 Å². The molecule has 0 aromatic carbocycles. The zero-order chi connectivity index (χ0) is 10.6. The van der Waals surface area contributed by atoms with E-state index in [0.717, 1.165) is 0 Å². The zero-order valence-electron chi connectivity index (χ0n) is 6.50. The number of nitrogens with zero attached hydrogens (tertiary/aromatic N) is 10. The molecule has 74 valence electrons. The second kappa shape index (κ2) is 8.92. The minimum atomic E-state index is -1.85. The van der Waals surface area contributed by atoms with E-state index in [1.165, 1.54) is 0 Å². The minimum Gasteiger partial charge on any atom is -0.303 e. The molecule has 0 fully saturated rings. The number of rotatable bonds is 6. The average molecular weight is 217 g/mol. The Labute approximate surface area is 77.5 Å². The first-order valence-electron chi connectivity index (χ1n) is 2.71. The lowest BCUT2D eigenvalue weighted by Gasteiger charge is -1.87. The van der Waals surface area contributed by atoms with Crippen LogP contribution in [-0.4, -0.2) is 0 Å². The summed E-state index contributed by atoms with van der Waals surface area (Å²) in [5.74, 6) is 4.62. The van der Waals surface area contributed by atoms with Gasteiger partial charge >= 0.3 is 8.37 Å². The summed E-state index contributed by atoms with van der Waals surface area (Å²) in [6, 6.07) is 0. The number of nitrogens with two attached hydrogens (primary N) is 1. The number of nitrogens with one attached hydrogen (secondary N) is 2. The molecule has 0 amide bonds. The Balaban J connectivity index is 4.37. The molecular formula is H4N13P. The lowest BCUT2D eigenvalue weighted by Crippen LogP contribution is -1.70. The van der Waals surface area contributed by atoms with Gasteiger partial charge in [0.05, 0.1) is 0 Å². The van der Waals surface area contributed by atoms with E-state index in [-0.39, 0.29) is 0 Å². The van der Waals surface area contributed by atoms with Crippen molar-refractivity contribution in [2.24, 2.45) is 57.1 Å². The Morgan fingerprint density at radius 2 is 1.29 bits per heavy atom. The third-order valence-corrected chi connectivity index (χ3v) is 1.26. The van der Waals surface area contributed by atoms with Crippen LogP contribution in [0.1, 0.15) is 0 Å². The van der Waals surface area contributed by atoms with Gasteiger partial charge in [-0.1, -0.05) is 19.9 Å². The van der Waals surface area contributed by atoms with Crippen LogP contribution in [0.25, 0.3) is 0 Å². The average Bonchev–Trinajstić information content (AvgIpc) is 2.21. The first-order valence-corrected chi connectivity index (χ1v) is 3.91. The van der Waals surface area contributed by atoms with Crippen LogP contribution >= 0.6 is 8.37 Å². The minimum absolute atomic E-state index is 1.85. The molecule has 0 aliphatic carbocycles. The van der Waals surface area contributed by atoms with E-state index < -0.39 is 8.37 Å². The van der Waals surface area contributed by atoms with Gasteiger partial charge in [-0.2, -0.15) is 11.1 Å². The summed E-state index contributed by atoms with van der Waals surface area (Å²) >= 11 is 0. The van der Waals surface area contributed by atoms with Crippen LogP contribution in [0.15, 0.2) is 51.2 Å². The monoisotopic (exact) mass is 217 g/mol. The first kappa shape index (κ1) is 11.8. The van der Waals surface area contributed by atoms with Crippen molar-refractivity contribution >= 4 is 8.37 Å². The van der Waals surface area contributed by atoms with Crippen molar-refractivity contribution in [2.75, 3.05) is 0 Å². The fourth-order valence-electron chi connectivity index (χ4n) is 0.242. The predicted octanol–water partition coefficient (Wildman–Crippen LogP) is 2.70. The van der Waals surface area contributed by atoms with Gasteiger partial charge in [0.1, 0.15) is 0 Å². The van der Waals surface area contributed by atoms with Crippen molar-refractivity contribution in [1.82, 2.24) is 0 Å². The highest BCUT2D eigenvalue weighted by Crippen LogP contribution is 2.41. The Bertz CT molecular complexity index is 249. The summed E-state index contributed by atoms with van der Waals surface area (Å²) in [6.45, 7) is 0. The van der Waals surface area contributed by atoms with Crippen LogP contribution in [-0.2, 0) is 0 Å². The molecule has 14 heteroatoms. The molecule has 0 saturated carbocycles. The maximum atomic E-state index is 6.29. The normalized spacial score (nSPS) is 14.6. The highest BCUT2D eigenvalue weighted by molar-refractivity contribution is 7.52. The molecule has 0 saturated heterocycles. The van der Waals surface area contributed by atoms with Gasteiger partial charge in [0.2, 0.25) is 0 Å². The summed E-state index contributed by atoms with van der Waals surface area (Å²) < 4.78 is 0. The van der Waals surface area contributed by atoms with Crippen LogP contribution in [0.4, 0.5) is 0 Å². The molecule has 0 spiro atoms. The van der Waals surface area contributed by atoms with Gasteiger partial charge in [-0.05, 0) is 31.3 Å². The standard InChI is InChI=1S/H4N13P/c1-4-7-10-13-14(11-8-5-2)12-9-6-3/h2-3H,(H2,1,7,13).